The largest absolute Gasteiger partial charge is 0.468 e. The van der Waals surface area contributed by atoms with E-state index in [9.17, 15) is 0 Å². The van der Waals surface area contributed by atoms with E-state index < -0.39 is 0 Å². The lowest BCUT2D eigenvalue weighted by Crippen LogP contribution is -2.17. The molecule has 15 heavy (non-hydrogen) atoms. The van der Waals surface area contributed by atoms with Crippen molar-refractivity contribution in [2.75, 3.05) is 0 Å². The Morgan fingerprint density at radius 1 is 1.53 bits per heavy atom. The minimum Gasteiger partial charge on any atom is -0.468 e. The van der Waals surface area contributed by atoms with E-state index in [0.717, 1.165) is 18.0 Å². The number of aromatic nitrogens is 2. The molecule has 4 heteroatoms. The molecule has 0 aliphatic carbocycles. The molecule has 2 aromatic heterocycles. The topological polar surface area (TPSA) is 43.0 Å². The average molecular weight is 205 g/mol. The van der Waals surface area contributed by atoms with Crippen LogP contribution >= 0.6 is 0 Å². The zero-order valence-corrected chi connectivity index (χ0v) is 8.97. The van der Waals surface area contributed by atoms with Crippen LogP contribution in [-0.2, 0) is 13.6 Å². The van der Waals surface area contributed by atoms with Gasteiger partial charge in [0.25, 0.3) is 0 Å². The molecule has 4 nitrogen and oxygen atoms in total. The molecule has 1 N–H and O–H groups in total. The Labute approximate surface area is 88.9 Å². The summed E-state index contributed by atoms with van der Waals surface area (Å²) in [6.07, 6.45) is 3.63. The maximum atomic E-state index is 5.30. The second-order valence-corrected chi connectivity index (χ2v) is 3.60. The van der Waals surface area contributed by atoms with Crippen LogP contribution in [0.1, 0.15) is 24.4 Å². The zero-order chi connectivity index (χ0) is 10.7. The smallest absolute Gasteiger partial charge is 0.120 e. The highest BCUT2D eigenvalue weighted by molar-refractivity contribution is 5.04. The number of nitrogens with one attached hydrogen (secondary N) is 1. The summed E-state index contributed by atoms with van der Waals surface area (Å²) < 4.78 is 7.10. The number of hydrogen-bond acceptors (Lipinski definition) is 3. The first-order valence-electron chi connectivity index (χ1n) is 5.01. The molecule has 0 bridgehead atoms. The quantitative estimate of drug-likeness (QED) is 0.828. The highest BCUT2D eigenvalue weighted by Gasteiger charge is 2.07. The van der Waals surface area contributed by atoms with Crippen LogP contribution in [0, 0.1) is 0 Å². The second kappa shape index (κ2) is 4.31. The Balaban J connectivity index is 1.88. The van der Waals surface area contributed by atoms with E-state index in [0.29, 0.717) is 0 Å². The van der Waals surface area contributed by atoms with Crippen LogP contribution in [0.15, 0.2) is 35.1 Å². The van der Waals surface area contributed by atoms with Gasteiger partial charge in [0, 0.05) is 19.8 Å². The maximum Gasteiger partial charge on any atom is 0.120 e. The number of aryl methyl sites for hydroxylation is 1. The van der Waals surface area contributed by atoms with Crippen molar-refractivity contribution >= 4 is 0 Å². The normalized spacial score (nSPS) is 12.9. The Kier molecular flexibility index (Phi) is 2.87. The van der Waals surface area contributed by atoms with Crippen molar-refractivity contribution in [3.05, 3.63) is 42.1 Å². The Morgan fingerprint density at radius 2 is 2.40 bits per heavy atom. The molecule has 0 radical (unpaired) electrons. The highest BCUT2D eigenvalue weighted by atomic mass is 16.3. The van der Waals surface area contributed by atoms with Gasteiger partial charge in [-0.05, 0) is 25.1 Å². The van der Waals surface area contributed by atoms with Crippen LogP contribution in [-0.4, -0.2) is 9.78 Å². The molecule has 80 valence electrons. The first-order valence-corrected chi connectivity index (χ1v) is 5.01. The molecular formula is C11H15N3O. The van der Waals surface area contributed by atoms with Crippen LogP contribution in [0.4, 0.5) is 0 Å². The lowest BCUT2D eigenvalue weighted by Gasteiger charge is -2.09. The van der Waals surface area contributed by atoms with Gasteiger partial charge in [0.05, 0.1) is 18.0 Å². The summed E-state index contributed by atoms with van der Waals surface area (Å²) in [5, 5.41) is 7.63. The summed E-state index contributed by atoms with van der Waals surface area (Å²) in [6.45, 7) is 2.82. The molecule has 2 aromatic rings. The van der Waals surface area contributed by atoms with E-state index in [1.54, 1.807) is 10.9 Å². The molecular weight excluding hydrogens is 190 g/mol. The molecule has 0 aromatic carbocycles. The van der Waals surface area contributed by atoms with Crippen LogP contribution in [0.5, 0.6) is 0 Å². The van der Waals surface area contributed by atoms with Gasteiger partial charge >= 0.3 is 0 Å². The minimum atomic E-state index is 0.210. The van der Waals surface area contributed by atoms with Crippen molar-refractivity contribution in [1.82, 2.24) is 15.1 Å². The molecule has 0 saturated carbocycles. The third kappa shape index (κ3) is 2.47. The molecule has 0 fully saturated rings. The number of hydrogen-bond donors (Lipinski definition) is 1. The summed E-state index contributed by atoms with van der Waals surface area (Å²) >= 11 is 0. The molecule has 0 amide bonds. The maximum absolute atomic E-state index is 5.30. The zero-order valence-electron chi connectivity index (χ0n) is 8.97. The first kappa shape index (κ1) is 9.98. The van der Waals surface area contributed by atoms with E-state index in [4.69, 9.17) is 4.42 Å². The molecule has 0 unspecified atom stereocenters. The molecule has 1 atom stereocenters. The van der Waals surface area contributed by atoms with Crippen molar-refractivity contribution in [2.45, 2.75) is 19.5 Å². The van der Waals surface area contributed by atoms with E-state index in [1.807, 2.05) is 31.4 Å². The van der Waals surface area contributed by atoms with Crippen LogP contribution in [0.2, 0.25) is 0 Å². The summed E-state index contributed by atoms with van der Waals surface area (Å²) in [6, 6.07) is 6.08. The van der Waals surface area contributed by atoms with Crippen molar-refractivity contribution in [3.8, 4) is 0 Å². The predicted molar refractivity (Wildman–Crippen MR) is 57.2 cm³/mol. The van der Waals surface area contributed by atoms with Gasteiger partial charge in [-0.25, -0.2) is 0 Å². The van der Waals surface area contributed by atoms with E-state index >= 15 is 0 Å². The SMILES string of the molecule is C[C@H](NCc1ccn(C)n1)c1ccco1. The van der Waals surface area contributed by atoms with E-state index in [-0.39, 0.29) is 6.04 Å². The fourth-order valence-electron chi connectivity index (χ4n) is 1.45. The summed E-state index contributed by atoms with van der Waals surface area (Å²) in [4.78, 5) is 0. The van der Waals surface area contributed by atoms with Crippen LogP contribution in [0.25, 0.3) is 0 Å². The van der Waals surface area contributed by atoms with Crippen molar-refractivity contribution in [2.24, 2.45) is 7.05 Å². The third-order valence-electron chi connectivity index (χ3n) is 2.33. The average Bonchev–Trinajstić information content (AvgIpc) is 2.84. The van der Waals surface area contributed by atoms with Crippen LogP contribution in [0.3, 0.4) is 0 Å². The van der Waals surface area contributed by atoms with Crippen LogP contribution < -0.4 is 5.32 Å². The van der Waals surface area contributed by atoms with Crippen molar-refractivity contribution in [1.29, 1.82) is 0 Å². The van der Waals surface area contributed by atoms with Gasteiger partial charge in [-0.1, -0.05) is 0 Å². The van der Waals surface area contributed by atoms with Gasteiger partial charge in [-0.15, -0.1) is 0 Å². The molecule has 2 heterocycles. The second-order valence-electron chi connectivity index (χ2n) is 3.60. The highest BCUT2D eigenvalue weighted by Crippen LogP contribution is 2.12. The summed E-state index contributed by atoms with van der Waals surface area (Å²) in [7, 11) is 1.92. The fourth-order valence-corrected chi connectivity index (χ4v) is 1.45. The Morgan fingerprint density at radius 3 is 3.00 bits per heavy atom. The van der Waals surface area contributed by atoms with E-state index in [2.05, 4.69) is 17.3 Å². The molecule has 0 saturated heterocycles. The molecule has 2 rings (SSSR count). The monoisotopic (exact) mass is 205 g/mol. The van der Waals surface area contributed by atoms with Gasteiger partial charge in [0.1, 0.15) is 5.76 Å². The molecule has 0 aliphatic rings. The number of nitrogens with zero attached hydrogens (tertiary/aromatic N) is 2. The fraction of sp³-hybridized carbons (Fsp3) is 0.364. The number of furan rings is 1. The lowest BCUT2D eigenvalue weighted by molar-refractivity contribution is 0.428. The van der Waals surface area contributed by atoms with Gasteiger partial charge in [-0.3, -0.25) is 4.68 Å². The van der Waals surface area contributed by atoms with Gasteiger partial charge < -0.3 is 9.73 Å². The minimum absolute atomic E-state index is 0.210. The predicted octanol–water partition coefficient (Wildman–Crippen LogP) is 1.86. The van der Waals surface area contributed by atoms with E-state index in [1.165, 1.54) is 0 Å². The van der Waals surface area contributed by atoms with Gasteiger partial charge in [-0.2, -0.15) is 5.10 Å². The van der Waals surface area contributed by atoms with Crippen molar-refractivity contribution < 1.29 is 4.42 Å². The summed E-state index contributed by atoms with van der Waals surface area (Å²) in [5.41, 5.74) is 1.04. The van der Waals surface area contributed by atoms with Gasteiger partial charge in [0.2, 0.25) is 0 Å². The standard InChI is InChI=1S/C11H15N3O/c1-9(11-4-3-7-15-11)12-8-10-5-6-14(2)13-10/h3-7,9,12H,8H2,1-2H3/t9-/m0/s1. The third-order valence-corrected chi connectivity index (χ3v) is 2.33. The van der Waals surface area contributed by atoms with Gasteiger partial charge in [0.15, 0.2) is 0 Å². The Hall–Kier alpha value is -1.55. The number of rotatable bonds is 4. The Bertz CT molecular complexity index is 405. The summed E-state index contributed by atoms with van der Waals surface area (Å²) in [5.74, 6) is 0.950. The first-order chi connectivity index (χ1) is 7.25. The van der Waals surface area contributed by atoms with Crippen molar-refractivity contribution in [3.63, 3.8) is 0 Å². The molecule has 0 aliphatic heterocycles. The molecule has 0 spiro atoms. The lowest BCUT2D eigenvalue weighted by atomic mass is 10.2.